The van der Waals surface area contributed by atoms with Gasteiger partial charge in [0.2, 0.25) is 35.4 Å². The summed E-state index contributed by atoms with van der Waals surface area (Å²) >= 11 is 0. The van der Waals surface area contributed by atoms with Crippen molar-refractivity contribution < 1.29 is 37.5 Å². The number of nitrogens with one attached hydrogen (secondary N) is 4. The highest BCUT2D eigenvalue weighted by Gasteiger charge is 2.52. The highest BCUT2D eigenvalue weighted by molar-refractivity contribution is 5.91. The predicted octanol–water partition coefficient (Wildman–Crippen LogP) is 9.37. The molecule has 4 N–H and O–H groups in total. The van der Waals surface area contributed by atoms with Crippen molar-refractivity contribution in [1.29, 1.82) is 0 Å². The number of fused-ring (bicyclic) bond motifs is 6. The van der Waals surface area contributed by atoms with Crippen LogP contribution < -0.4 is 21.3 Å². The van der Waals surface area contributed by atoms with Crippen LogP contribution >= 0.6 is 0 Å². The molecule has 0 unspecified atom stereocenters. The Kier molecular flexibility index (Phi) is 20.4. The van der Waals surface area contributed by atoms with E-state index in [4.69, 9.17) is 0 Å². The smallest absolute Gasteiger partial charge is 0.245 e. The number of rotatable bonds is 14. The first-order valence-electron chi connectivity index (χ1n) is 32.6. The normalized spacial score (nSPS) is 27.4. The minimum absolute atomic E-state index is 0.0465. The summed E-state index contributed by atoms with van der Waals surface area (Å²) in [6.45, 7) is 16.2. The topological polar surface area (TPSA) is 164 Å². The molecule has 0 aromatic heterocycles. The fourth-order valence-corrected chi connectivity index (χ4v) is 16.8. The number of amides is 6. The summed E-state index contributed by atoms with van der Waals surface area (Å²) in [4.78, 5) is 91.6. The Morgan fingerprint density at radius 1 is 0.500 bits per heavy atom. The second-order valence-electron chi connectivity index (χ2n) is 29.4. The van der Waals surface area contributed by atoms with Crippen molar-refractivity contribution in [2.24, 2.45) is 46.3 Å². The van der Waals surface area contributed by atoms with Crippen LogP contribution in [0.15, 0.2) is 48.5 Å². The average Bonchev–Trinajstić information content (AvgIpc) is 2.46. The van der Waals surface area contributed by atoms with Crippen LogP contribution in [0.25, 0.3) is 0 Å². The molecule has 6 aliphatic heterocycles. The largest absolute Gasteiger partial charge is 0.351 e. The molecule has 14 nitrogen and oxygen atoms in total. The van der Waals surface area contributed by atoms with E-state index in [1.807, 2.05) is 51.3 Å². The molecule has 6 saturated heterocycles. The predicted molar refractivity (Wildman–Crippen MR) is 324 cm³/mol. The molecule has 4 bridgehead atoms. The van der Waals surface area contributed by atoms with Crippen molar-refractivity contribution in [2.45, 2.75) is 218 Å². The number of carbonyl (C=O) groups excluding carboxylic acids is 6. The number of likely N-dealkylation sites (tertiary alicyclic amines) is 2. The highest BCUT2D eigenvalue weighted by atomic mass is 19.1. The molecule has 2 aromatic rings. The zero-order valence-corrected chi connectivity index (χ0v) is 52.2. The Morgan fingerprint density at radius 2 is 0.833 bits per heavy atom. The van der Waals surface area contributed by atoms with E-state index in [1.54, 1.807) is 24.3 Å². The van der Waals surface area contributed by atoms with Crippen LogP contribution in [0, 0.1) is 58.0 Å². The zero-order valence-electron chi connectivity index (χ0n) is 52.2. The van der Waals surface area contributed by atoms with Gasteiger partial charge in [0.15, 0.2) is 0 Å². The van der Waals surface area contributed by atoms with Gasteiger partial charge in [-0.3, -0.25) is 28.8 Å². The summed E-state index contributed by atoms with van der Waals surface area (Å²) in [5.41, 5.74) is 0.0649. The molecular formula is C68H102F2N8O6. The molecule has 464 valence electrons. The van der Waals surface area contributed by atoms with Gasteiger partial charge in [-0.25, -0.2) is 8.78 Å². The lowest BCUT2D eigenvalue weighted by Gasteiger charge is -2.48. The molecule has 6 heterocycles. The second-order valence-corrected chi connectivity index (χ2v) is 29.4. The summed E-state index contributed by atoms with van der Waals surface area (Å²) < 4.78 is 27.3. The second kappa shape index (κ2) is 27.0. The zero-order chi connectivity index (χ0) is 60.1. The summed E-state index contributed by atoms with van der Waals surface area (Å²) in [7, 11) is 4.19. The van der Waals surface area contributed by atoms with Crippen LogP contribution in [-0.2, 0) is 41.6 Å². The fourth-order valence-electron chi connectivity index (χ4n) is 16.8. The number of piperidine rings is 6. The number of benzene rings is 2. The van der Waals surface area contributed by atoms with Crippen molar-refractivity contribution in [1.82, 2.24) is 40.9 Å². The molecule has 16 heteroatoms. The Labute approximate surface area is 500 Å². The molecule has 10 aliphatic rings. The van der Waals surface area contributed by atoms with Crippen molar-refractivity contribution >= 4 is 35.4 Å². The molecule has 8 atom stereocenters. The number of hydrogen-bond donors (Lipinski definition) is 4. The summed E-state index contributed by atoms with van der Waals surface area (Å²) in [5, 5.41) is 12.9. The Balaban J connectivity index is 0.000000202. The molecular weight excluding hydrogens is 1060 g/mol. The maximum absolute atomic E-state index is 14.1. The van der Waals surface area contributed by atoms with Gasteiger partial charge < -0.3 is 40.9 Å². The van der Waals surface area contributed by atoms with E-state index in [2.05, 4.69) is 45.2 Å². The van der Waals surface area contributed by atoms with Gasteiger partial charge in [0.05, 0.1) is 22.7 Å². The number of nitrogens with zero attached hydrogens (tertiary/aromatic N) is 4. The van der Waals surface area contributed by atoms with E-state index < -0.39 is 22.9 Å². The molecule has 10 fully saturated rings. The maximum Gasteiger partial charge on any atom is 0.245 e. The molecule has 2 aromatic carbocycles. The van der Waals surface area contributed by atoms with E-state index >= 15 is 0 Å². The van der Waals surface area contributed by atoms with Crippen molar-refractivity contribution in [3.8, 4) is 0 Å². The van der Waals surface area contributed by atoms with Crippen LogP contribution in [0.4, 0.5) is 8.78 Å². The molecule has 6 amide bonds. The van der Waals surface area contributed by atoms with Crippen LogP contribution in [0.1, 0.15) is 181 Å². The SMILES string of the molecule is CN1C[C@@H]2CC[C@H]1[C@@H](C(=O)N[C@H](Cc1ccc(F)cc1)C(=O)N1CCC(C(=O)NC(C)(C)C)(C3CCCCC3)CC1)C2.CN1C[C@H]2CC[C@@H]1[C@H](C(=O)N[C@H](Cc1ccc(F)cc1)C(=O)N1CCC(C(=O)NC(C)(C)C)(C3CCCCC3)CC1)C2. The van der Waals surface area contributed by atoms with Gasteiger partial charge >= 0.3 is 0 Å². The average molecular weight is 1170 g/mol. The Morgan fingerprint density at radius 3 is 1.13 bits per heavy atom. The minimum Gasteiger partial charge on any atom is -0.351 e. The van der Waals surface area contributed by atoms with Gasteiger partial charge in [0.25, 0.3) is 0 Å². The van der Waals surface area contributed by atoms with E-state index in [1.165, 1.54) is 37.1 Å². The fraction of sp³-hybridized carbons (Fsp3) is 0.735. The summed E-state index contributed by atoms with van der Waals surface area (Å²) in [5.74, 6) is 0.788. The molecule has 4 aliphatic carbocycles. The first-order valence-corrected chi connectivity index (χ1v) is 32.6. The molecule has 4 saturated carbocycles. The first-order chi connectivity index (χ1) is 39.9. The lowest BCUT2D eigenvalue weighted by atomic mass is 9.63. The molecule has 0 spiro atoms. The minimum atomic E-state index is -0.723. The van der Waals surface area contributed by atoms with Gasteiger partial charge in [0.1, 0.15) is 23.7 Å². The van der Waals surface area contributed by atoms with Gasteiger partial charge in [0, 0.05) is 75.3 Å². The monoisotopic (exact) mass is 1160 g/mol. The van der Waals surface area contributed by atoms with Crippen LogP contribution in [0.3, 0.4) is 0 Å². The number of hydrogen-bond acceptors (Lipinski definition) is 8. The number of halogens is 2. The highest BCUT2D eigenvalue weighted by Crippen LogP contribution is 2.49. The Hall–Kier alpha value is -4.96. The van der Waals surface area contributed by atoms with Gasteiger partial charge in [-0.15, -0.1) is 0 Å². The van der Waals surface area contributed by atoms with E-state index in [-0.39, 0.29) is 82.1 Å². The third-order valence-electron chi connectivity index (χ3n) is 21.3. The third kappa shape index (κ3) is 15.2. The van der Waals surface area contributed by atoms with Crippen molar-refractivity contribution in [2.75, 3.05) is 53.4 Å². The first kappa shape index (κ1) is 63.5. The summed E-state index contributed by atoms with van der Waals surface area (Å²) in [6, 6.07) is 11.4. The van der Waals surface area contributed by atoms with Gasteiger partial charge in [-0.1, -0.05) is 62.8 Å². The molecule has 12 rings (SSSR count). The van der Waals surface area contributed by atoms with Crippen LogP contribution in [-0.4, -0.2) is 144 Å². The maximum atomic E-state index is 14.1. The van der Waals surface area contributed by atoms with Gasteiger partial charge in [-0.2, -0.15) is 0 Å². The van der Waals surface area contributed by atoms with E-state index in [0.717, 1.165) is 114 Å². The van der Waals surface area contributed by atoms with E-state index in [9.17, 15) is 37.5 Å². The molecule has 84 heavy (non-hydrogen) atoms. The number of carbonyl (C=O) groups is 6. The van der Waals surface area contributed by atoms with Crippen molar-refractivity contribution in [3.63, 3.8) is 0 Å². The van der Waals surface area contributed by atoms with Gasteiger partial charge in [-0.05, 0) is 205 Å². The van der Waals surface area contributed by atoms with Crippen molar-refractivity contribution in [3.05, 3.63) is 71.3 Å². The summed E-state index contributed by atoms with van der Waals surface area (Å²) in [6.07, 6.45) is 20.6. The molecule has 0 radical (unpaired) electrons. The Bertz CT molecular complexity index is 2410. The lowest BCUT2D eigenvalue weighted by Crippen LogP contribution is -2.60. The lowest BCUT2D eigenvalue weighted by molar-refractivity contribution is -0.148. The van der Waals surface area contributed by atoms with E-state index in [0.29, 0.717) is 88.4 Å². The third-order valence-corrected chi connectivity index (χ3v) is 21.3. The van der Waals surface area contributed by atoms with Crippen LogP contribution in [0.5, 0.6) is 0 Å². The quantitative estimate of drug-likeness (QED) is 0.146. The van der Waals surface area contributed by atoms with Crippen LogP contribution in [0.2, 0.25) is 0 Å². The standard InChI is InChI=1S/2C34H51FN4O3/c2*1-33(2,3)37-32(42)34(25-8-6-5-7-9-25)16-18-39(19-17-34)31(41)28(21-23-10-13-26(35)14-11-23)36-30(40)27-20-24-12-15-29(27)38(4)22-24/h2*10-11,13-14,24-25,27-29H,5-9,12,15-22H2,1-4H3,(H,36,40)(H,37,42)/t24-,27+,28+,29+;24-,27+,28-,29+/m01/s1.